The molecule has 8 heteroatoms. The fourth-order valence-corrected chi connectivity index (χ4v) is 4.20. The van der Waals surface area contributed by atoms with Crippen LogP contribution in [0.4, 0.5) is 11.4 Å². The van der Waals surface area contributed by atoms with Gasteiger partial charge in [0, 0.05) is 30.3 Å². The van der Waals surface area contributed by atoms with Crippen LogP contribution < -0.4 is 10.2 Å². The van der Waals surface area contributed by atoms with Gasteiger partial charge in [-0.2, -0.15) is 0 Å². The van der Waals surface area contributed by atoms with Gasteiger partial charge in [0.2, 0.25) is 0 Å². The van der Waals surface area contributed by atoms with Gasteiger partial charge in [-0.25, -0.2) is 9.97 Å². The van der Waals surface area contributed by atoms with Gasteiger partial charge >= 0.3 is 0 Å². The summed E-state index contributed by atoms with van der Waals surface area (Å²) >= 11 is 2.86. The number of benzene rings is 1. The molecule has 31 heavy (non-hydrogen) atoms. The van der Waals surface area contributed by atoms with Crippen molar-refractivity contribution >= 4 is 46.7 Å². The lowest BCUT2D eigenvalue weighted by molar-refractivity contribution is 0.0982. The molecule has 0 bridgehead atoms. The van der Waals surface area contributed by atoms with Gasteiger partial charge < -0.3 is 10.2 Å². The zero-order valence-electron chi connectivity index (χ0n) is 17.7. The Morgan fingerprint density at radius 1 is 0.935 bits per heavy atom. The molecule has 0 aliphatic carbocycles. The van der Waals surface area contributed by atoms with Crippen molar-refractivity contribution in [1.29, 1.82) is 0 Å². The first kappa shape index (κ1) is 22.8. The number of hydrogen-bond acceptors (Lipinski definition) is 6. The molecule has 0 unspecified atom stereocenters. The number of aromatic nitrogens is 2. The second kappa shape index (κ2) is 11.0. The summed E-state index contributed by atoms with van der Waals surface area (Å²) in [4.78, 5) is 36.4. The van der Waals surface area contributed by atoms with Crippen molar-refractivity contribution in [3.63, 3.8) is 0 Å². The molecule has 1 N–H and O–H groups in total. The van der Waals surface area contributed by atoms with Crippen LogP contribution in [0, 0.1) is 0 Å². The Kier molecular flexibility index (Phi) is 8.08. The van der Waals surface area contributed by atoms with Crippen molar-refractivity contribution in [2.75, 3.05) is 29.3 Å². The topological polar surface area (TPSA) is 75.2 Å². The van der Waals surface area contributed by atoms with Crippen LogP contribution in [0.2, 0.25) is 0 Å². The van der Waals surface area contributed by atoms with Gasteiger partial charge in [-0.1, -0.05) is 13.0 Å². The van der Waals surface area contributed by atoms with Crippen LogP contribution in [-0.2, 0) is 0 Å². The number of hydrogen-bond donors (Lipinski definition) is 1. The van der Waals surface area contributed by atoms with Crippen LogP contribution in [0.5, 0.6) is 0 Å². The van der Waals surface area contributed by atoms with Gasteiger partial charge in [-0.3, -0.25) is 9.59 Å². The van der Waals surface area contributed by atoms with Crippen LogP contribution in [-0.4, -0.2) is 40.8 Å². The maximum absolute atomic E-state index is 13.3. The zero-order valence-corrected chi connectivity index (χ0v) is 19.3. The van der Waals surface area contributed by atoms with Crippen LogP contribution in [0.1, 0.15) is 34.1 Å². The molecule has 2 amide bonds. The second-order valence-electron chi connectivity index (χ2n) is 6.58. The third kappa shape index (κ3) is 5.45. The highest BCUT2D eigenvalue weighted by Gasteiger charge is 2.21. The lowest BCUT2D eigenvalue weighted by Gasteiger charge is -2.23. The van der Waals surface area contributed by atoms with E-state index in [0.717, 1.165) is 12.1 Å². The van der Waals surface area contributed by atoms with Crippen molar-refractivity contribution < 1.29 is 9.59 Å². The van der Waals surface area contributed by atoms with Gasteiger partial charge in [-0.05, 0) is 61.4 Å². The van der Waals surface area contributed by atoms with E-state index in [1.165, 1.54) is 23.5 Å². The summed E-state index contributed by atoms with van der Waals surface area (Å²) in [6, 6.07) is 14.4. The van der Waals surface area contributed by atoms with Gasteiger partial charge in [0.1, 0.15) is 10.1 Å². The summed E-state index contributed by atoms with van der Waals surface area (Å²) in [7, 11) is 0. The number of carbonyl (C=O) groups is 2. The molecule has 0 aliphatic heterocycles. The second-order valence-corrected chi connectivity index (χ2v) is 8.17. The largest absolute Gasteiger partial charge is 0.322 e. The van der Waals surface area contributed by atoms with Crippen molar-refractivity contribution in [1.82, 2.24) is 9.97 Å². The molecule has 3 rings (SSSR count). The first-order valence-corrected chi connectivity index (χ1v) is 12.2. The lowest BCUT2D eigenvalue weighted by Crippen LogP contribution is -2.32. The molecule has 160 valence electrons. The maximum Gasteiger partial charge on any atom is 0.261 e. The van der Waals surface area contributed by atoms with Crippen molar-refractivity contribution in [3.05, 3.63) is 72.1 Å². The molecule has 2 heterocycles. The number of nitrogens with one attached hydrogen (secondary N) is 1. The first-order valence-electron chi connectivity index (χ1n) is 9.80. The Morgan fingerprint density at radius 3 is 2.23 bits per heavy atom. The molecule has 6 nitrogen and oxygen atoms in total. The molecule has 0 radical (unpaired) electrons. The van der Waals surface area contributed by atoms with E-state index in [2.05, 4.69) is 15.3 Å². The fourth-order valence-electron chi connectivity index (χ4n) is 3.11. The van der Waals surface area contributed by atoms with E-state index in [9.17, 15) is 9.59 Å². The SMILES string of the molecule is CCCN(C(=O)c1cccnc1SC)c1cccc(NC(=O)c2cccnc2SC)c1. The lowest BCUT2D eigenvalue weighted by atomic mass is 10.2. The minimum Gasteiger partial charge on any atom is -0.322 e. The quantitative estimate of drug-likeness (QED) is 0.472. The third-order valence-corrected chi connectivity index (χ3v) is 5.94. The highest BCUT2D eigenvalue weighted by molar-refractivity contribution is 7.98. The van der Waals surface area contributed by atoms with Gasteiger partial charge in [-0.15, -0.1) is 23.5 Å². The molecule has 0 saturated heterocycles. The Bertz CT molecular complexity index is 1070. The number of amides is 2. The summed E-state index contributed by atoms with van der Waals surface area (Å²) < 4.78 is 0. The zero-order chi connectivity index (χ0) is 22.2. The number of carbonyl (C=O) groups excluding carboxylic acids is 2. The monoisotopic (exact) mass is 452 g/mol. The highest BCUT2D eigenvalue weighted by Crippen LogP contribution is 2.26. The molecular formula is C23H24N4O2S2. The average Bonchev–Trinajstić information content (AvgIpc) is 2.82. The molecular weight excluding hydrogens is 428 g/mol. The van der Waals surface area contributed by atoms with Crippen molar-refractivity contribution in [3.8, 4) is 0 Å². The number of rotatable bonds is 8. The molecule has 1 aromatic carbocycles. The normalized spacial score (nSPS) is 10.5. The number of nitrogens with zero attached hydrogens (tertiary/aromatic N) is 3. The minimum atomic E-state index is -0.236. The fraction of sp³-hybridized carbons (Fsp3) is 0.217. The van der Waals surface area contributed by atoms with E-state index in [1.807, 2.05) is 43.7 Å². The van der Waals surface area contributed by atoms with Gasteiger partial charge in [0.25, 0.3) is 11.8 Å². The summed E-state index contributed by atoms with van der Waals surface area (Å²) in [5.41, 5.74) is 2.42. The summed E-state index contributed by atoms with van der Waals surface area (Å²) in [5.74, 6) is -0.348. The molecule has 0 spiro atoms. The van der Waals surface area contributed by atoms with E-state index in [4.69, 9.17) is 0 Å². The Balaban J connectivity index is 1.88. The van der Waals surface area contributed by atoms with Gasteiger partial charge in [0.15, 0.2) is 0 Å². The molecule has 0 atom stereocenters. The minimum absolute atomic E-state index is 0.111. The predicted octanol–water partition coefficient (Wildman–Crippen LogP) is 5.23. The van der Waals surface area contributed by atoms with E-state index in [0.29, 0.717) is 33.4 Å². The third-order valence-electron chi connectivity index (χ3n) is 4.51. The van der Waals surface area contributed by atoms with Crippen molar-refractivity contribution in [2.45, 2.75) is 23.4 Å². The van der Waals surface area contributed by atoms with Gasteiger partial charge in [0.05, 0.1) is 11.1 Å². The molecule has 0 fully saturated rings. The smallest absolute Gasteiger partial charge is 0.261 e. The highest BCUT2D eigenvalue weighted by atomic mass is 32.2. The molecule has 0 aliphatic rings. The van der Waals surface area contributed by atoms with Crippen LogP contribution in [0.15, 0.2) is 71.0 Å². The first-order chi connectivity index (χ1) is 15.1. The van der Waals surface area contributed by atoms with E-state index < -0.39 is 0 Å². The number of anilines is 2. The van der Waals surface area contributed by atoms with E-state index >= 15 is 0 Å². The summed E-state index contributed by atoms with van der Waals surface area (Å²) in [6.45, 7) is 2.58. The number of thioether (sulfide) groups is 2. The van der Waals surface area contributed by atoms with E-state index in [1.54, 1.807) is 41.6 Å². The van der Waals surface area contributed by atoms with E-state index in [-0.39, 0.29) is 11.8 Å². The Hall–Kier alpha value is -2.84. The summed E-state index contributed by atoms with van der Waals surface area (Å²) in [5, 5.41) is 4.29. The summed E-state index contributed by atoms with van der Waals surface area (Å²) in [6.07, 6.45) is 7.93. The van der Waals surface area contributed by atoms with Crippen LogP contribution >= 0.6 is 23.5 Å². The van der Waals surface area contributed by atoms with Crippen molar-refractivity contribution in [2.24, 2.45) is 0 Å². The average molecular weight is 453 g/mol. The Labute approximate surface area is 190 Å². The van der Waals surface area contributed by atoms with Crippen LogP contribution in [0.3, 0.4) is 0 Å². The maximum atomic E-state index is 13.3. The van der Waals surface area contributed by atoms with Crippen LogP contribution in [0.25, 0.3) is 0 Å². The number of pyridine rings is 2. The predicted molar refractivity (Wildman–Crippen MR) is 128 cm³/mol. The molecule has 3 aromatic rings. The standard InChI is InChI=1S/C23H24N4O2S2/c1-4-14-27(23(29)19-11-7-13-25-22(19)31-3)17-9-5-8-16(15-17)26-20(28)18-10-6-12-24-21(18)30-2/h5-13,15H,4,14H2,1-3H3,(H,26,28). The molecule has 2 aromatic heterocycles. The molecule has 0 saturated carbocycles. The Morgan fingerprint density at radius 2 is 1.58 bits per heavy atom.